The molecular weight excluding hydrogens is 556 g/mol. The summed E-state index contributed by atoms with van der Waals surface area (Å²) < 4.78 is 10.6. The second-order valence-corrected chi connectivity index (χ2v) is 13.5. The predicted octanol–water partition coefficient (Wildman–Crippen LogP) is 2.59. The molecule has 4 N–H and O–H groups in total. The van der Waals surface area contributed by atoms with E-state index in [9.17, 15) is 19.8 Å². The first kappa shape index (κ1) is 30.9. The smallest absolute Gasteiger partial charge is 0.230 e. The lowest BCUT2D eigenvalue weighted by molar-refractivity contribution is -0.144. The molecule has 230 valence electrons. The van der Waals surface area contributed by atoms with E-state index in [1.807, 2.05) is 31.2 Å². The van der Waals surface area contributed by atoms with Crippen molar-refractivity contribution in [2.24, 2.45) is 16.7 Å². The van der Waals surface area contributed by atoms with E-state index >= 15 is 0 Å². The third-order valence-electron chi connectivity index (χ3n) is 9.91. The number of morpholine rings is 1. The number of fused-ring (bicyclic) bond motifs is 2. The highest BCUT2D eigenvalue weighted by Crippen LogP contribution is 2.62. The van der Waals surface area contributed by atoms with E-state index in [0.717, 1.165) is 61.2 Å². The Kier molecular flexibility index (Phi) is 9.53. The van der Waals surface area contributed by atoms with Crippen molar-refractivity contribution in [3.8, 4) is 5.75 Å². The van der Waals surface area contributed by atoms with Crippen LogP contribution in [0.1, 0.15) is 55.2 Å². The first-order valence-corrected chi connectivity index (χ1v) is 15.8. The van der Waals surface area contributed by atoms with Gasteiger partial charge < -0.3 is 30.3 Å². The van der Waals surface area contributed by atoms with Gasteiger partial charge in [0.15, 0.2) is 5.13 Å². The highest BCUT2D eigenvalue weighted by atomic mass is 32.1. The average molecular weight is 601 g/mol. The number of nitrogens with zero attached hydrogens (tertiary/aromatic N) is 2. The van der Waals surface area contributed by atoms with Crippen molar-refractivity contribution in [3.05, 3.63) is 40.4 Å². The standard InChI is InChI=1S/C31H44N4O6S/c1-30-9-8-25(37)31(2,19-36)24(30)18-23-28(22(30)17-26(38)32-10-11-35-12-14-41-15-13-35)34-29(42-23)33-27(39)16-20-4-6-21(40-3)7-5-20/h4-7,22,24-25,36-37H,8-19H2,1-3H3,(H,32,38)(H,33,34,39). The van der Waals surface area contributed by atoms with Crippen molar-refractivity contribution in [2.75, 3.05) is 58.4 Å². The van der Waals surface area contributed by atoms with Gasteiger partial charge in [0.25, 0.3) is 0 Å². The predicted molar refractivity (Wildman–Crippen MR) is 161 cm³/mol. The summed E-state index contributed by atoms with van der Waals surface area (Å²) in [5.41, 5.74) is 0.687. The minimum absolute atomic E-state index is 0.0315. The molecule has 2 amide bonds. The Bertz CT molecular complexity index is 1250. The van der Waals surface area contributed by atoms with Crippen LogP contribution in [0.2, 0.25) is 0 Å². The van der Waals surface area contributed by atoms with E-state index in [1.165, 1.54) is 11.3 Å². The third-order valence-corrected chi connectivity index (χ3v) is 10.9. The number of hydrogen-bond acceptors (Lipinski definition) is 9. The van der Waals surface area contributed by atoms with E-state index in [0.29, 0.717) is 24.5 Å². The second kappa shape index (κ2) is 13.0. The number of aromatic nitrogens is 1. The van der Waals surface area contributed by atoms with Crippen molar-refractivity contribution in [3.63, 3.8) is 0 Å². The van der Waals surface area contributed by atoms with Gasteiger partial charge in [0.2, 0.25) is 11.8 Å². The molecule has 1 saturated heterocycles. The van der Waals surface area contributed by atoms with Gasteiger partial charge in [-0.15, -0.1) is 11.3 Å². The quantitative estimate of drug-likeness (QED) is 0.327. The monoisotopic (exact) mass is 600 g/mol. The van der Waals surface area contributed by atoms with Gasteiger partial charge in [0.05, 0.1) is 45.1 Å². The number of carbonyl (C=O) groups excluding carboxylic acids is 2. The molecule has 2 aliphatic carbocycles. The van der Waals surface area contributed by atoms with Crippen LogP contribution in [-0.2, 0) is 27.2 Å². The molecule has 3 aliphatic rings. The van der Waals surface area contributed by atoms with Gasteiger partial charge in [-0.25, -0.2) is 4.98 Å². The summed E-state index contributed by atoms with van der Waals surface area (Å²) in [6.07, 6.45) is 1.78. The van der Waals surface area contributed by atoms with Gasteiger partial charge in [-0.2, -0.15) is 0 Å². The number of hydrogen-bond donors (Lipinski definition) is 4. The number of amides is 2. The summed E-state index contributed by atoms with van der Waals surface area (Å²) in [6.45, 7) is 8.54. The summed E-state index contributed by atoms with van der Waals surface area (Å²) in [5.74, 6) is 0.300. The van der Waals surface area contributed by atoms with Crippen molar-refractivity contribution >= 4 is 28.3 Å². The zero-order valence-corrected chi connectivity index (χ0v) is 25.7. The minimum Gasteiger partial charge on any atom is -0.497 e. The molecule has 0 radical (unpaired) electrons. The number of thiazole rings is 1. The van der Waals surface area contributed by atoms with E-state index in [4.69, 9.17) is 14.5 Å². The van der Waals surface area contributed by atoms with Crippen LogP contribution in [-0.4, -0.2) is 91.1 Å². The molecule has 0 bridgehead atoms. The zero-order chi connectivity index (χ0) is 29.9. The van der Waals surface area contributed by atoms with Crippen LogP contribution in [0.4, 0.5) is 5.13 Å². The molecule has 0 spiro atoms. The number of benzene rings is 1. The number of aliphatic hydroxyl groups is 2. The maximum Gasteiger partial charge on any atom is 0.230 e. The number of anilines is 1. The average Bonchev–Trinajstić information content (AvgIpc) is 3.39. The number of ether oxygens (including phenoxy) is 2. The van der Waals surface area contributed by atoms with Crippen molar-refractivity contribution in [1.82, 2.24) is 15.2 Å². The maximum absolute atomic E-state index is 13.4. The molecule has 1 aromatic carbocycles. The minimum atomic E-state index is -0.697. The van der Waals surface area contributed by atoms with Crippen molar-refractivity contribution in [1.29, 1.82) is 0 Å². The van der Waals surface area contributed by atoms with E-state index in [2.05, 4.69) is 22.5 Å². The van der Waals surface area contributed by atoms with Gasteiger partial charge in [-0.05, 0) is 48.3 Å². The zero-order valence-electron chi connectivity index (χ0n) is 24.9. The summed E-state index contributed by atoms with van der Waals surface area (Å²) in [7, 11) is 1.61. The summed E-state index contributed by atoms with van der Waals surface area (Å²) in [5, 5.41) is 28.1. The summed E-state index contributed by atoms with van der Waals surface area (Å²) in [4.78, 5) is 34.5. The SMILES string of the molecule is COc1ccc(CC(=O)Nc2nc3c(s2)CC2C(C)(CO)C(O)CCC2(C)C3CC(=O)NCCN2CCOCC2)cc1. The highest BCUT2D eigenvalue weighted by molar-refractivity contribution is 7.15. The fourth-order valence-electron chi connectivity index (χ4n) is 7.23. The molecule has 11 heteroatoms. The number of methoxy groups -OCH3 is 1. The number of carbonyl (C=O) groups is 2. The molecule has 1 aromatic heterocycles. The van der Waals surface area contributed by atoms with Crippen LogP contribution in [0.5, 0.6) is 5.75 Å². The number of aliphatic hydroxyl groups excluding tert-OH is 2. The third kappa shape index (κ3) is 6.35. The van der Waals surface area contributed by atoms with Crippen LogP contribution in [0.25, 0.3) is 0 Å². The molecule has 5 unspecified atom stereocenters. The Balaban J connectivity index is 1.34. The fourth-order valence-corrected chi connectivity index (χ4v) is 8.31. The van der Waals surface area contributed by atoms with Gasteiger partial charge >= 0.3 is 0 Å². The molecule has 1 saturated carbocycles. The lowest BCUT2D eigenvalue weighted by atomic mass is 9.47. The van der Waals surface area contributed by atoms with Gasteiger partial charge in [0, 0.05) is 48.8 Å². The Hall–Kier alpha value is -2.57. The summed E-state index contributed by atoms with van der Waals surface area (Å²) >= 11 is 1.44. The van der Waals surface area contributed by atoms with Crippen LogP contribution in [0.15, 0.2) is 24.3 Å². The van der Waals surface area contributed by atoms with Gasteiger partial charge in [-0.1, -0.05) is 26.0 Å². The Morgan fingerprint density at radius 3 is 2.62 bits per heavy atom. The fraction of sp³-hybridized carbons (Fsp3) is 0.645. The second-order valence-electron chi connectivity index (χ2n) is 12.4. The molecule has 2 fully saturated rings. The Morgan fingerprint density at radius 1 is 1.19 bits per heavy atom. The maximum atomic E-state index is 13.4. The largest absolute Gasteiger partial charge is 0.497 e. The van der Waals surface area contributed by atoms with E-state index < -0.39 is 11.5 Å². The molecule has 2 heterocycles. The van der Waals surface area contributed by atoms with Crippen molar-refractivity contribution < 1.29 is 29.3 Å². The molecule has 2 aromatic rings. The number of nitrogens with one attached hydrogen (secondary N) is 2. The molecular formula is C31H44N4O6S. The van der Waals surface area contributed by atoms with Crippen molar-refractivity contribution in [2.45, 2.75) is 58.0 Å². The molecule has 5 atom stereocenters. The lowest BCUT2D eigenvalue weighted by Gasteiger charge is -2.58. The first-order chi connectivity index (χ1) is 20.2. The Morgan fingerprint density at radius 2 is 1.93 bits per heavy atom. The first-order valence-electron chi connectivity index (χ1n) is 14.9. The number of rotatable bonds is 10. The lowest BCUT2D eigenvalue weighted by Crippen LogP contribution is -2.57. The van der Waals surface area contributed by atoms with Crippen LogP contribution < -0.4 is 15.4 Å². The van der Waals surface area contributed by atoms with E-state index in [1.54, 1.807) is 7.11 Å². The molecule has 10 nitrogen and oxygen atoms in total. The molecule has 42 heavy (non-hydrogen) atoms. The highest BCUT2D eigenvalue weighted by Gasteiger charge is 2.59. The van der Waals surface area contributed by atoms with Crippen LogP contribution in [0.3, 0.4) is 0 Å². The molecule has 1 aliphatic heterocycles. The van der Waals surface area contributed by atoms with Gasteiger partial charge in [0.1, 0.15) is 5.75 Å². The van der Waals surface area contributed by atoms with Crippen LogP contribution in [0, 0.1) is 16.7 Å². The van der Waals surface area contributed by atoms with E-state index in [-0.39, 0.29) is 48.5 Å². The Labute approximate surface area is 251 Å². The summed E-state index contributed by atoms with van der Waals surface area (Å²) in [6, 6.07) is 7.39. The van der Waals surface area contributed by atoms with Gasteiger partial charge in [-0.3, -0.25) is 14.5 Å². The normalized spacial score (nSPS) is 29.3. The van der Waals surface area contributed by atoms with Crippen LogP contribution >= 0.6 is 11.3 Å². The molecule has 5 rings (SSSR count). The topological polar surface area (TPSA) is 133 Å².